The number of aryl methyl sites for hydroxylation is 3. The summed E-state index contributed by atoms with van der Waals surface area (Å²) in [5.41, 5.74) is 2.71. The van der Waals surface area contributed by atoms with E-state index in [1.807, 2.05) is 18.7 Å². The Kier molecular flexibility index (Phi) is 2.63. The van der Waals surface area contributed by atoms with Crippen molar-refractivity contribution in [2.75, 3.05) is 0 Å². The minimum Gasteiger partial charge on any atom is -0.337 e. The summed E-state index contributed by atoms with van der Waals surface area (Å²) in [7, 11) is 0. The summed E-state index contributed by atoms with van der Waals surface area (Å²) in [5, 5.41) is 0. The molecule has 0 atom stereocenters. The molecule has 1 aromatic carbocycles. The molecule has 0 saturated heterocycles. The van der Waals surface area contributed by atoms with Gasteiger partial charge in [-0.15, -0.1) is 0 Å². The van der Waals surface area contributed by atoms with E-state index in [-0.39, 0.29) is 0 Å². The monoisotopic (exact) mass is 186 g/mol. The zero-order valence-corrected chi connectivity index (χ0v) is 8.35. The highest BCUT2D eigenvalue weighted by Gasteiger charge is 1.94. The van der Waals surface area contributed by atoms with Crippen LogP contribution in [0.3, 0.4) is 0 Å². The lowest BCUT2D eigenvalue weighted by Crippen LogP contribution is -1.98. The van der Waals surface area contributed by atoms with Crippen LogP contribution < -0.4 is 0 Å². The first-order chi connectivity index (χ1) is 6.84. The Bertz CT molecular complexity index is 390. The van der Waals surface area contributed by atoms with Crippen LogP contribution in [0.4, 0.5) is 0 Å². The third kappa shape index (κ3) is 2.22. The number of nitrogens with zero attached hydrogens (tertiary/aromatic N) is 2. The van der Waals surface area contributed by atoms with Gasteiger partial charge in [0.1, 0.15) is 0 Å². The molecule has 14 heavy (non-hydrogen) atoms. The number of imidazole rings is 1. The van der Waals surface area contributed by atoms with Crippen molar-refractivity contribution in [3.8, 4) is 0 Å². The summed E-state index contributed by atoms with van der Waals surface area (Å²) in [6.07, 6.45) is 6.74. The summed E-state index contributed by atoms with van der Waals surface area (Å²) in [5.74, 6) is 0. The van der Waals surface area contributed by atoms with Crippen LogP contribution in [-0.4, -0.2) is 9.55 Å². The first-order valence-corrected chi connectivity index (χ1v) is 4.86. The summed E-state index contributed by atoms with van der Waals surface area (Å²) in [6, 6.07) is 8.64. The van der Waals surface area contributed by atoms with Crippen molar-refractivity contribution in [1.82, 2.24) is 9.55 Å². The van der Waals surface area contributed by atoms with Crippen LogP contribution in [0.1, 0.15) is 11.1 Å². The predicted octanol–water partition coefficient (Wildman–Crippen LogP) is 2.43. The maximum Gasteiger partial charge on any atom is 0.0946 e. The van der Waals surface area contributed by atoms with Gasteiger partial charge in [0.2, 0.25) is 0 Å². The fraction of sp³-hybridized carbons (Fsp3) is 0.250. The van der Waals surface area contributed by atoms with Crippen molar-refractivity contribution in [3.63, 3.8) is 0 Å². The Balaban J connectivity index is 1.98. The molecule has 0 fully saturated rings. The van der Waals surface area contributed by atoms with Gasteiger partial charge in [0.15, 0.2) is 0 Å². The summed E-state index contributed by atoms with van der Waals surface area (Å²) in [4.78, 5) is 4.01. The van der Waals surface area contributed by atoms with E-state index in [0.29, 0.717) is 0 Å². The smallest absolute Gasteiger partial charge is 0.0946 e. The molecule has 0 spiro atoms. The highest BCUT2D eigenvalue weighted by molar-refractivity contribution is 5.22. The van der Waals surface area contributed by atoms with Crippen LogP contribution in [0.5, 0.6) is 0 Å². The van der Waals surface area contributed by atoms with E-state index in [9.17, 15) is 0 Å². The maximum absolute atomic E-state index is 4.01. The Morgan fingerprint density at radius 2 is 2.29 bits per heavy atom. The standard InChI is InChI=1S/C12H14N2/c1-11-3-2-4-12(9-11)5-7-14-8-6-13-10-14/h2-4,6,8-10H,5,7H2,1H3. The van der Waals surface area contributed by atoms with Crippen molar-refractivity contribution >= 4 is 0 Å². The molecular formula is C12H14N2. The van der Waals surface area contributed by atoms with E-state index in [2.05, 4.69) is 40.7 Å². The van der Waals surface area contributed by atoms with Gasteiger partial charge in [0.05, 0.1) is 6.33 Å². The van der Waals surface area contributed by atoms with E-state index in [1.165, 1.54) is 11.1 Å². The first-order valence-electron chi connectivity index (χ1n) is 4.86. The molecule has 0 saturated carbocycles. The SMILES string of the molecule is Cc1cccc(CCn2ccnc2)c1. The lowest BCUT2D eigenvalue weighted by atomic mass is 10.1. The van der Waals surface area contributed by atoms with Crippen LogP contribution in [0.15, 0.2) is 43.0 Å². The molecular weight excluding hydrogens is 172 g/mol. The highest BCUT2D eigenvalue weighted by atomic mass is 15.0. The lowest BCUT2D eigenvalue weighted by Gasteiger charge is -2.03. The Hall–Kier alpha value is -1.57. The van der Waals surface area contributed by atoms with Crippen LogP contribution in [0.25, 0.3) is 0 Å². The van der Waals surface area contributed by atoms with E-state index in [4.69, 9.17) is 0 Å². The fourth-order valence-corrected chi connectivity index (χ4v) is 1.54. The lowest BCUT2D eigenvalue weighted by molar-refractivity contribution is 0.695. The summed E-state index contributed by atoms with van der Waals surface area (Å²) >= 11 is 0. The zero-order valence-electron chi connectivity index (χ0n) is 8.35. The van der Waals surface area contributed by atoms with Gasteiger partial charge >= 0.3 is 0 Å². The van der Waals surface area contributed by atoms with E-state index >= 15 is 0 Å². The second-order valence-electron chi connectivity index (χ2n) is 3.54. The van der Waals surface area contributed by atoms with Crippen LogP contribution in [-0.2, 0) is 13.0 Å². The zero-order chi connectivity index (χ0) is 9.80. The molecule has 0 amide bonds. The van der Waals surface area contributed by atoms with Crippen LogP contribution in [0, 0.1) is 6.92 Å². The molecule has 1 heterocycles. The molecule has 72 valence electrons. The van der Waals surface area contributed by atoms with Crippen molar-refractivity contribution in [1.29, 1.82) is 0 Å². The minimum atomic E-state index is 1.00. The summed E-state index contributed by atoms with van der Waals surface area (Å²) in [6.45, 7) is 3.13. The summed E-state index contributed by atoms with van der Waals surface area (Å²) < 4.78 is 2.10. The molecule has 2 rings (SSSR count). The minimum absolute atomic E-state index is 1.00. The van der Waals surface area contributed by atoms with Gasteiger partial charge in [-0.1, -0.05) is 29.8 Å². The fourth-order valence-electron chi connectivity index (χ4n) is 1.54. The van der Waals surface area contributed by atoms with Gasteiger partial charge in [-0.3, -0.25) is 0 Å². The third-order valence-corrected chi connectivity index (χ3v) is 2.30. The van der Waals surface area contributed by atoms with E-state index in [0.717, 1.165) is 13.0 Å². The largest absolute Gasteiger partial charge is 0.337 e. The van der Waals surface area contributed by atoms with Gasteiger partial charge in [0.25, 0.3) is 0 Å². The van der Waals surface area contributed by atoms with Crippen LogP contribution in [0.2, 0.25) is 0 Å². The maximum atomic E-state index is 4.01. The second-order valence-corrected chi connectivity index (χ2v) is 3.54. The van der Waals surface area contributed by atoms with Gasteiger partial charge < -0.3 is 4.57 Å². The topological polar surface area (TPSA) is 17.8 Å². The van der Waals surface area contributed by atoms with Gasteiger partial charge in [0, 0.05) is 18.9 Å². The normalized spacial score (nSPS) is 10.4. The molecule has 2 heteroatoms. The molecule has 0 unspecified atom stereocenters. The highest BCUT2D eigenvalue weighted by Crippen LogP contribution is 2.05. The molecule has 1 aromatic heterocycles. The Labute approximate surface area is 84.2 Å². The first kappa shape index (κ1) is 9.00. The average molecular weight is 186 g/mol. The molecule has 2 aromatic rings. The Morgan fingerprint density at radius 3 is 3.00 bits per heavy atom. The number of aromatic nitrogens is 2. The third-order valence-electron chi connectivity index (χ3n) is 2.30. The van der Waals surface area contributed by atoms with Crippen molar-refractivity contribution in [2.24, 2.45) is 0 Å². The molecule has 2 nitrogen and oxygen atoms in total. The second kappa shape index (κ2) is 4.09. The molecule has 0 aliphatic carbocycles. The number of benzene rings is 1. The number of rotatable bonds is 3. The van der Waals surface area contributed by atoms with E-state index < -0.39 is 0 Å². The quantitative estimate of drug-likeness (QED) is 0.720. The molecule has 0 aliphatic rings. The van der Waals surface area contributed by atoms with Crippen molar-refractivity contribution < 1.29 is 0 Å². The van der Waals surface area contributed by atoms with Gasteiger partial charge in [-0.05, 0) is 18.9 Å². The van der Waals surface area contributed by atoms with Crippen molar-refractivity contribution in [2.45, 2.75) is 19.9 Å². The number of hydrogen-bond donors (Lipinski definition) is 0. The van der Waals surface area contributed by atoms with E-state index in [1.54, 1.807) is 0 Å². The van der Waals surface area contributed by atoms with Crippen molar-refractivity contribution in [3.05, 3.63) is 54.1 Å². The van der Waals surface area contributed by atoms with Crippen LogP contribution >= 0.6 is 0 Å². The predicted molar refractivity (Wildman–Crippen MR) is 57.1 cm³/mol. The number of hydrogen-bond acceptors (Lipinski definition) is 1. The molecule has 0 N–H and O–H groups in total. The molecule has 0 radical (unpaired) electrons. The van der Waals surface area contributed by atoms with Gasteiger partial charge in [-0.2, -0.15) is 0 Å². The van der Waals surface area contributed by atoms with Gasteiger partial charge in [-0.25, -0.2) is 4.98 Å². The average Bonchev–Trinajstić information content (AvgIpc) is 2.67. The molecule has 0 aliphatic heterocycles. The Morgan fingerprint density at radius 1 is 1.36 bits per heavy atom. The molecule has 0 bridgehead atoms.